The molecule has 2 heterocycles. The molecule has 0 bridgehead atoms. The van der Waals surface area contributed by atoms with Gasteiger partial charge in [0.15, 0.2) is 0 Å². The minimum Gasteiger partial charge on any atom is -0.341 e. The maximum Gasteiger partial charge on any atom is 0.416 e. The number of benzene rings is 2. The van der Waals surface area contributed by atoms with Gasteiger partial charge in [0.25, 0.3) is 0 Å². The molecule has 1 aromatic heterocycles. The monoisotopic (exact) mass is 447 g/mol. The predicted molar refractivity (Wildman–Crippen MR) is 116 cm³/mol. The van der Waals surface area contributed by atoms with Gasteiger partial charge >= 0.3 is 6.18 Å². The van der Waals surface area contributed by atoms with Crippen LogP contribution in [0.25, 0.3) is 10.2 Å². The number of para-hydroxylation sites is 1. The van der Waals surface area contributed by atoms with Crippen molar-refractivity contribution in [1.82, 2.24) is 14.8 Å². The lowest BCUT2D eigenvalue weighted by Gasteiger charge is -2.22. The maximum atomic E-state index is 12.7. The molecule has 4 rings (SSSR count). The van der Waals surface area contributed by atoms with Gasteiger partial charge in [-0.1, -0.05) is 24.3 Å². The van der Waals surface area contributed by atoms with Gasteiger partial charge in [0.1, 0.15) is 0 Å². The fraction of sp³-hybridized carbons (Fsp3) is 0.391. The molecule has 1 aliphatic heterocycles. The number of amides is 1. The average molecular weight is 448 g/mol. The lowest BCUT2D eigenvalue weighted by atomic mass is 10.1. The number of nitrogens with zero attached hydrogens (tertiary/aromatic N) is 3. The standard InChI is InChI=1S/C23H24F3N3OS/c24-23(25,26)18-8-6-17(7-9-18)16-28-12-3-13-29(15-14-28)22(30)11-10-21-27-19-4-1-2-5-20(19)31-21/h1-2,4-9H,3,10-16H2. The topological polar surface area (TPSA) is 36.4 Å². The number of hydrogen-bond acceptors (Lipinski definition) is 4. The summed E-state index contributed by atoms with van der Waals surface area (Å²) in [5, 5.41) is 0.980. The van der Waals surface area contributed by atoms with Crippen molar-refractivity contribution in [2.45, 2.75) is 32.0 Å². The van der Waals surface area contributed by atoms with Crippen molar-refractivity contribution in [3.05, 3.63) is 64.7 Å². The summed E-state index contributed by atoms with van der Waals surface area (Å²) in [6.45, 7) is 3.48. The lowest BCUT2D eigenvalue weighted by molar-refractivity contribution is -0.137. The summed E-state index contributed by atoms with van der Waals surface area (Å²) in [5.74, 6) is 0.135. The molecule has 1 amide bonds. The van der Waals surface area contributed by atoms with Crippen LogP contribution in [-0.4, -0.2) is 46.9 Å². The summed E-state index contributed by atoms with van der Waals surface area (Å²) in [7, 11) is 0. The average Bonchev–Trinajstić information content (AvgIpc) is 3.02. The number of aryl methyl sites for hydroxylation is 1. The van der Waals surface area contributed by atoms with Crippen molar-refractivity contribution in [2.75, 3.05) is 26.2 Å². The number of rotatable bonds is 5. The van der Waals surface area contributed by atoms with E-state index >= 15 is 0 Å². The highest BCUT2D eigenvalue weighted by atomic mass is 32.1. The molecule has 0 radical (unpaired) electrons. The van der Waals surface area contributed by atoms with Gasteiger partial charge < -0.3 is 4.90 Å². The number of thiazole rings is 1. The third kappa shape index (κ3) is 5.62. The largest absolute Gasteiger partial charge is 0.416 e. The quantitative estimate of drug-likeness (QED) is 0.553. The molecule has 2 aromatic carbocycles. The zero-order valence-corrected chi connectivity index (χ0v) is 17.9. The molecule has 0 saturated carbocycles. The Morgan fingerprint density at radius 2 is 1.77 bits per heavy atom. The molecular weight excluding hydrogens is 423 g/mol. The highest BCUT2D eigenvalue weighted by Gasteiger charge is 2.30. The highest BCUT2D eigenvalue weighted by Crippen LogP contribution is 2.29. The molecule has 4 nitrogen and oxygen atoms in total. The van der Waals surface area contributed by atoms with Crippen LogP contribution in [0.5, 0.6) is 0 Å². The van der Waals surface area contributed by atoms with Gasteiger partial charge in [-0.15, -0.1) is 11.3 Å². The first-order valence-electron chi connectivity index (χ1n) is 10.4. The van der Waals surface area contributed by atoms with Gasteiger partial charge in [0.2, 0.25) is 5.91 Å². The summed E-state index contributed by atoms with van der Waals surface area (Å²) in [6.07, 6.45) is -2.37. The van der Waals surface area contributed by atoms with E-state index in [0.29, 0.717) is 39.0 Å². The van der Waals surface area contributed by atoms with Crippen LogP contribution in [-0.2, 0) is 23.9 Å². The molecule has 8 heteroatoms. The highest BCUT2D eigenvalue weighted by molar-refractivity contribution is 7.18. The van der Waals surface area contributed by atoms with Gasteiger partial charge in [-0.25, -0.2) is 4.98 Å². The smallest absolute Gasteiger partial charge is 0.341 e. The number of hydrogen-bond donors (Lipinski definition) is 0. The fourth-order valence-electron chi connectivity index (χ4n) is 3.83. The van der Waals surface area contributed by atoms with Crippen LogP contribution in [0, 0.1) is 0 Å². The number of aromatic nitrogens is 1. The zero-order chi connectivity index (χ0) is 21.8. The second-order valence-electron chi connectivity index (χ2n) is 7.78. The van der Waals surface area contributed by atoms with E-state index < -0.39 is 11.7 Å². The molecule has 164 valence electrons. The Balaban J connectivity index is 1.27. The Bertz CT molecular complexity index is 999. The van der Waals surface area contributed by atoms with Crippen LogP contribution in [0.3, 0.4) is 0 Å². The molecule has 0 unspecified atom stereocenters. The van der Waals surface area contributed by atoms with Crippen LogP contribution < -0.4 is 0 Å². The first-order chi connectivity index (χ1) is 14.9. The number of alkyl halides is 3. The molecule has 1 aliphatic rings. The van der Waals surface area contributed by atoms with E-state index in [-0.39, 0.29) is 5.91 Å². The van der Waals surface area contributed by atoms with E-state index in [4.69, 9.17) is 0 Å². The van der Waals surface area contributed by atoms with Gasteiger partial charge in [-0.3, -0.25) is 9.69 Å². The van der Waals surface area contributed by atoms with E-state index in [1.54, 1.807) is 11.3 Å². The molecule has 0 N–H and O–H groups in total. The van der Waals surface area contributed by atoms with Gasteiger partial charge in [-0.05, 0) is 36.2 Å². The van der Waals surface area contributed by atoms with Crippen LogP contribution in [0.4, 0.5) is 13.2 Å². The summed E-state index contributed by atoms with van der Waals surface area (Å²) in [4.78, 5) is 21.4. The Morgan fingerprint density at radius 3 is 2.52 bits per heavy atom. The maximum absolute atomic E-state index is 12.7. The molecule has 31 heavy (non-hydrogen) atoms. The minimum absolute atomic E-state index is 0.135. The molecule has 0 spiro atoms. The fourth-order valence-corrected chi connectivity index (χ4v) is 4.80. The normalized spacial score (nSPS) is 15.9. The minimum atomic E-state index is -4.31. The summed E-state index contributed by atoms with van der Waals surface area (Å²) >= 11 is 1.63. The van der Waals surface area contributed by atoms with Crippen LogP contribution in [0.15, 0.2) is 48.5 Å². The molecule has 0 aliphatic carbocycles. The SMILES string of the molecule is O=C(CCc1nc2ccccc2s1)N1CCCN(Cc2ccc(C(F)(F)F)cc2)CC1. The second-order valence-corrected chi connectivity index (χ2v) is 8.90. The van der Waals surface area contributed by atoms with Crippen LogP contribution >= 0.6 is 11.3 Å². The molecule has 1 saturated heterocycles. The molecular formula is C23H24F3N3OS. The molecule has 1 fully saturated rings. The van der Waals surface area contributed by atoms with E-state index in [9.17, 15) is 18.0 Å². The summed E-state index contributed by atoms with van der Waals surface area (Å²) < 4.78 is 39.3. The Hall–Kier alpha value is -2.45. The number of fused-ring (bicyclic) bond motifs is 1. The second kappa shape index (κ2) is 9.36. The zero-order valence-electron chi connectivity index (χ0n) is 17.1. The Labute approximate surface area is 183 Å². The number of halogens is 3. The molecule has 0 atom stereocenters. The van der Waals surface area contributed by atoms with Gasteiger partial charge in [-0.2, -0.15) is 13.2 Å². The number of carbonyl (C=O) groups excluding carboxylic acids is 1. The number of carbonyl (C=O) groups is 1. The first-order valence-corrected chi connectivity index (χ1v) is 11.2. The Morgan fingerprint density at radius 1 is 1.00 bits per heavy atom. The van der Waals surface area contributed by atoms with Gasteiger partial charge in [0, 0.05) is 45.6 Å². The van der Waals surface area contributed by atoms with E-state index in [1.165, 1.54) is 12.1 Å². The van der Waals surface area contributed by atoms with E-state index in [1.807, 2.05) is 29.2 Å². The van der Waals surface area contributed by atoms with Crippen molar-refractivity contribution in [3.8, 4) is 0 Å². The first kappa shape index (κ1) is 21.8. The van der Waals surface area contributed by atoms with Crippen molar-refractivity contribution in [1.29, 1.82) is 0 Å². The van der Waals surface area contributed by atoms with E-state index in [2.05, 4.69) is 9.88 Å². The third-order valence-corrected chi connectivity index (χ3v) is 6.62. The van der Waals surface area contributed by atoms with Crippen molar-refractivity contribution in [2.24, 2.45) is 0 Å². The summed E-state index contributed by atoms with van der Waals surface area (Å²) in [5.41, 5.74) is 1.20. The van der Waals surface area contributed by atoms with E-state index in [0.717, 1.165) is 45.9 Å². The van der Waals surface area contributed by atoms with Crippen molar-refractivity contribution in [3.63, 3.8) is 0 Å². The lowest BCUT2D eigenvalue weighted by Crippen LogP contribution is -2.35. The van der Waals surface area contributed by atoms with Gasteiger partial charge in [0.05, 0.1) is 20.8 Å². The third-order valence-electron chi connectivity index (χ3n) is 5.52. The predicted octanol–water partition coefficient (Wildman–Crippen LogP) is 4.98. The van der Waals surface area contributed by atoms with Crippen molar-refractivity contribution < 1.29 is 18.0 Å². The summed E-state index contributed by atoms with van der Waals surface area (Å²) in [6, 6.07) is 13.3. The van der Waals surface area contributed by atoms with Crippen molar-refractivity contribution >= 4 is 27.5 Å². The Kier molecular flexibility index (Phi) is 6.57. The molecule has 3 aromatic rings. The van der Waals surface area contributed by atoms with Crippen LogP contribution in [0.1, 0.15) is 29.0 Å². The van der Waals surface area contributed by atoms with Crippen LogP contribution in [0.2, 0.25) is 0 Å².